The fourth-order valence-corrected chi connectivity index (χ4v) is 0.781. The maximum absolute atomic E-state index is 12.7. The average Bonchev–Trinajstić information content (AvgIpc) is 1.95. The van der Waals surface area contributed by atoms with Crippen molar-refractivity contribution in [2.75, 3.05) is 0 Å². The Kier molecular flexibility index (Phi) is 4.59. The van der Waals surface area contributed by atoms with Gasteiger partial charge in [0.2, 0.25) is 0 Å². The summed E-state index contributed by atoms with van der Waals surface area (Å²) in [6.45, 7) is 1.81. The zero-order valence-corrected chi connectivity index (χ0v) is 7.92. The first-order valence-electron chi connectivity index (χ1n) is 2.90. The Morgan fingerprint density at radius 3 is 2.64 bits per heavy atom. The molecule has 0 bridgehead atoms. The van der Waals surface area contributed by atoms with Gasteiger partial charge in [0.05, 0.1) is 5.69 Å². The molecule has 0 N–H and O–H groups in total. The average molecular weight is 188 g/mol. The van der Waals surface area contributed by atoms with E-state index in [2.05, 4.69) is 9.97 Å². The molecule has 1 aromatic heterocycles. The molecular formula is C6H6AlClFN2. The Morgan fingerprint density at radius 2 is 2.18 bits per heavy atom. The molecule has 1 heterocycles. The second kappa shape index (κ2) is 4.66. The van der Waals surface area contributed by atoms with Crippen LogP contribution in [0.25, 0.3) is 0 Å². The third kappa shape index (κ3) is 2.41. The van der Waals surface area contributed by atoms with Crippen molar-refractivity contribution in [2.45, 2.75) is 13.3 Å². The van der Waals surface area contributed by atoms with Gasteiger partial charge in [-0.15, -0.1) is 0 Å². The molecule has 0 unspecified atom stereocenters. The quantitative estimate of drug-likeness (QED) is 0.491. The van der Waals surface area contributed by atoms with Gasteiger partial charge in [-0.2, -0.15) is 0 Å². The van der Waals surface area contributed by atoms with Gasteiger partial charge in [0.25, 0.3) is 0 Å². The van der Waals surface area contributed by atoms with Crippen LogP contribution < -0.4 is 0 Å². The van der Waals surface area contributed by atoms with Crippen LogP contribution in [-0.2, 0) is 6.42 Å². The molecule has 0 atom stereocenters. The van der Waals surface area contributed by atoms with E-state index in [4.69, 9.17) is 11.6 Å². The van der Waals surface area contributed by atoms with Crippen molar-refractivity contribution in [1.29, 1.82) is 0 Å². The van der Waals surface area contributed by atoms with E-state index >= 15 is 0 Å². The second-order valence-electron chi connectivity index (χ2n) is 1.78. The lowest BCUT2D eigenvalue weighted by Gasteiger charge is -1.96. The number of hydrogen-bond donors (Lipinski definition) is 0. The third-order valence-electron chi connectivity index (χ3n) is 1.15. The summed E-state index contributed by atoms with van der Waals surface area (Å²) in [5.74, 6) is -0.508. The number of aromatic nitrogens is 2. The number of aryl methyl sites for hydroxylation is 1. The van der Waals surface area contributed by atoms with E-state index in [9.17, 15) is 4.39 Å². The van der Waals surface area contributed by atoms with Gasteiger partial charge in [0, 0.05) is 17.4 Å². The Balaban J connectivity index is 0.000001000. The lowest BCUT2D eigenvalue weighted by Crippen LogP contribution is -1.94. The number of halogens is 2. The highest BCUT2D eigenvalue weighted by atomic mass is 35.5. The molecule has 0 amide bonds. The van der Waals surface area contributed by atoms with Gasteiger partial charge >= 0.3 is 0 Å². The molecule has 2 nitrogen and oxygen atoms in total. The van der Waals surface area contributed by atoms with Gasteiger partial charge in [-0.1, -0.05) is 18.5 Å². The van der Waals surface area contributed by atoms with Crippen LogP contribution in [0.2, 0.25) is 5.15 Å². The summed E-state index contributed by atoms with van der Waals surface area (Å²) in [6, 6.07) is 0. The lowest BCUT2D eigenvalue weighted by molar-refractivity contribution is 0.594. The van der Waals surface area contributed by atoms with Crippen molar-refractivity contribution < 1.29 is 4.39 Å². The summed E-state index contributed by atoms with van der Waals surface area (Å²) in [5, 5.41) is -0.105. The predicted octanol–water partition coefficient (Wildman–Crippen LogP) is 1.45. The van der Waals surface area contributed by atoms with E-state index in [1.165, 1.54) is 6.33 Å². The van der Waals surface area contributed by atoms with E-state index in [-0.39, 0.29) is 22.5 Å². The van der Waals surface area contributed by atoms with Crippen molar-refractivity contribution in [3.63, 3.8) is 0 Å². The van der Waals surface area contributed by atoms with Crippen LogP contribution in [0.1, 0.15) is 12.6 Å². The van der Waals surface area contributed by atoms with Gasteiger partial charge in [-0.25, -0.2) is 14.4 Å². The van der Waals surface area contributed by atoms with Crippen LogP contribution in [0, 0.1) is 5.82 Å². The first kappa shape index (κ1) is 10.8. The molecule has 3 radical (unpaired) electrons. The van der Waals surface area contributed by atoms with Crippen molar-refractivity contribution in [1.82, 2.24) is 9.97 Å². The molecule has 0 aliphatic carbocycles. The van der Waals surface area contributed by atoms with E-state index < -0.39 is 5.82 Å². The summed E-state index contributed by atoms with van der Waals surface area (Å²) in [6.07, 6.45) is 1.79. The SMILES string of the molecule is CCc1ncnc(Cl)c1F.[Al]. The number of rotatable bonds is 1. The lowest BCUT2D eigenvalue weighted by atomic mass is 10.3. The van der Waals surface area contributed by atoms with Gasteiger partial charge in [0.15, 0.2) is 11.0 Å². The smallest absolute Gasteiger partial charge is 0.181 e. The van der Waals surface area contributed by atoms with Crippen molar-refractivity contribution in [3.8, 4) is 0 Å². The maximum Gasteiger partial charge on any atom is 0.181 e. The molecule has 0 aliphatic heterocycles. The molecule has 0 saturated carbocycles. The van der Waals surface area contributed by atoms with Crippen molar-refractivity contribution in [2.24, 2.45) is 0 Å². The summed E-state index contributed by atoms with van der Waals surface area (Å²) in [5.41, 5.74) is 0.361. The first-order chi connectivity index (χ1) is 4.75. The largest absolute Gasteiger partial charge is 0.238 e. The van der Waals surface area contributed by atoms with E-state index in [1.54, 1.807) is 0 Å². The summed E-state index contributed by atoms with van der Waals surface area (Å²) in [7, 11) is 0. The highest BCUT2D eigenvalue weighted by Crippen LogP contribution is 2.12. The van der Waals surface area contributed by atoms with E-state index in [1.807, 2.05) is 6.92 Å². The molecule has 11 heavy (non-hydrogen) atoms. The van der Waals surface area contributed by atoms with Crippen LogP contribution >= 0.6 is 11.6 Å². The summed E-state index contributed by atoms with van der Waals surface area (Å²) < 4.78 is 12.7. The van der Waals surface area contributed by atoms with Gasteiger partial charge in [-0.3, -0.25) is 0 Å². The van der Waals surface area contributed by atoms with Crippen LogP contribution in [0.15, 0.2) is 6.33 Å². The van der Waals surface area contributed by atoms with Gasteiger partial charge in [-0.05, 0) is 6.42 Å². The summed E-state index contributed by atoms with van der Waals surface area (Å²) >= 11 is 5.37. The normalized spacial score (nSPS) is 9.00. The van der Waals surface area contributed by atoms with Gasteiger partial charge < -0.3 is 0 Å². The maximum atomic E-state index is 12.7. The zero-order valence-electron chi connectivity index (χ0n) is 6.01. The highest BCUT2D eigenvalue weighted by molar-refractivity contribution is 6.29. The van der Waals surface area contributed by atoms with Crippen LogP contribution in [0.5, 0.6) is 0 Å². The van der Waals surface area contributed by atoms with Crippen LogP contribution in [0.3, 0.4) is 0 Å². The zero-order chi connectivity index (χ0) is 7.56. The van der Waals surface area contributed by atoms with E-state index in [0.717, 1.165) is 0 Å². The third-order valence-corrected chi connectivity index (χ3v) is 1.42. The predicted molar refractivity (Wildman–Crippen MR) is 42.1 cm³/mol. The Morgan fingerprint density at radius 1 is 1.55 bits per heavy atom. The summed E-state index contributed by atoms with van der Waals surface area (Å²) in [4.78, 5) is 7.15. The molecule has 57 valence electrons. The molecule has 0 saturated heterocycles. The molecule has 0 aliphatic rings. The molecular weight excluding hydrogens is 182 g/mol. The molecule has 5 heteroatoms. The highest BCUT2D eigenvalue weighted by Gasteiger charge is 2.05. The van der Waals surface area contributed by atoms with Crippen molar-refractivity contribution in [3.05, 3.63) is 23.0 Å². The number of hydrogen-bond acceptors (Lipinski definition) is 2. The topological polar surface area (TPSA) is 25.8 Å². The van der Waals surface area contributed by atoms with Crippen LogP contribution in [-0.4, -0.2) is 27.3 Å². The molecule has 0 aromatic carbocycles. The molecule has 0 spiro atoms. The Bertz CT molecular complexity index is 244. The fraction of sp³-hybridized carbons (Fsp3) is 0.333. The molecule has 1 aromatic rings. The van der Waals surface area contributed by atoms with Gasteiger partial charge in [0.1, 0.15) is 6.33 Å². The fourth-order valence-electron chi connectivity index (χ4n) is 0.628. The first-order valence-corrected chi connectivity index (χ1v) is 3.28. The standard InChI is InChI=1S/C6H6ClFN2.Al/c1-2-4-5(8)6(7)10-3-9-4;/h3H,2H2,1H3;. The second-order valence-corrected chi connectivity index (χ2v) is 2.14. The molecule has 0 fully saturated rings. The van der Waals surface area contributed by atoms with Crippen LogP contribution in [0.4, 0.5) is 4.39 Å². The minimum Gasteiger partial charge on any atom is -0.238 e. The molecule has 1 rings (SSSR count). The number of nitrogens with zero attached hydrogens (tertiary/aromatic N) is 2. The monoisotopic (exact) mass is 187 g/mol. The Hall–Kier alpha value is -0.168. The minimum atomic E-state index is -0.508. The minimum absolute atomic E-state index is 0. The van der Waals surface area contributed by atoms with Crippen molar-refractivity contribution >= 4 is 29.0 Å². The Labute approximate surface area is 79.9 Å². The van der Waals surface area contributed by atoms with E-state index in [0.29, 0.717) is 12.1 Å².